The van der Waals surface area contributed by atoms with E-state index in [1.807, 2.05) is 19.2 Å². The number of H-pyrrole nitrogens is 1. The van der Waals surface area contributed by atoms with E-state index in [1.165, 1.54) is 6.08 Å². The molecule has 1 N–H and O–H groups in total. The number of hydrogen-bond donors (Lipinski definition) is 1. The van der Waals surface area contributed by atoms with Gasteiger partial charge in [-0.2, -0.15) is 15.1 Å². The van der Waals surface area contributed by atoms with E-state index < -0.39 is 0 Å². The molecule has 3 aliphatic heterocycles. The predicted molar refractivity (Wildman–Crippen MR) is 166 cm³/mol. The van der Waals surface area contributed by atoms with Crippen LogP contribution in [0, 0.1) is 13.5 Å². The average molecular weight is 604 g/mol. The zero-order valence-electron chi connectivity index (χ0n) is 25.0. The maximum absolute atomic E-state index is 12.6. The van der Waals surface area contributed by atoms with Crippen LogP contribution >= 0.6 is 11.6 Å². The molecule has 1 amide bonds. The quantitative estimate of drug-likeness (QED) is 0.323. The SMILES string of the molecule is [C-]#[N+]C[C@H]1CN(c2nc(OC[C@@H]3CCCN3C)nc3c2CN(C)[C@@H](c2c(Cl)c(C)cc4[nH]ncc24)C3)CCN1C(=O)C=C. The number of benzene rings is 1. The zero-order valence-corrected chi connectivity index (χ0v) is 25.8. The van der Waals surface area contributed by atoms with Crippen LogP contribution in [-0.2, 0) is 17.8 Å². The van der Waals surface area contributed by atoms with Crippen molar-refractivity contribution in [2.75, 3.05) is 58.3 Å². The Bertz CT molecular complexity index is 1580. The van der Waals surface area contributed by atoms with Crippen LogP contribution in [-0.4, -0.2) is 106 Å². The molecule has 6 rings (SSSR count). The Morgan fingerprint density at radius 1 is 1.26 bits per heavy atom. The second-order valence-electron chi connectivity index (χ2n) is 11.9. The van der Waals surface area contributed by atoms with E-state index in [4.69, 9.17) is 32.9 Å². The molecule has 3 aromatic rings. The van der Waals surface area contributed by atoms with Crippen molar-refractivity contribution < 1.29 is 9.53 Å². The predicted octanol–water partition coefficient (Wildman–Crippen LogP) is 3.64. The molecule has 0 aliphatic carbocycles. The van der Waals surface area contributed by atoms with E-state index in [9.17, 15) is 4.79 Å². The lowest BCUT2D eigenvalue weighted by atomic mass is 9.90. The number of nitrogens with one attached hydrogen (secondary N) is 1. The van der Waals surface area contributed by atoms with Crippen molar-refractivity contribution in [3.05, 3.63) is 63.7 Å². The van der Waals surface area contributed by atoms with Crippen molar-refractivity contribution in [3.8, 4) is 6.01 Å². The summed E-state index contributed by atoms with van der Waals surface area (Å²) in [4.78, 5) is 34.8. The molecule has 43 heavy (non-hydrogen) atoms. The van der Waals surface area contributed by atoms with Crippen LogP contribution in [0.5, 0.6) is 6.01 Å². The molecule has 0 saturated carbocycles. The largest absolute Gasteiger partial charge is 0.462 e. The topological polar surface area (TPSA) is 98.1 Å². The zero-order chi connectivity index (χ0) is 30.2. The number of hydrogen-bond acceptors (Lipinski definition) is 8. The van der Waals surface area contributed by atoms with Crippen molar-refractivity contribution in [3.63, 3.8) is 0 Å². The molecule has 0 spiro atoms. The minimum Gasteiger partial charge on any atom is -0.462 e. The monoisotopic (exact) mass is 603 g/mol. The number of aromatic nitrogens is 4. The normalized spacial score (nSPS) is 22.9. The number of halogens is 1. The third-order valence-corrected chi connectivity index (χ3v) is 9.73. The van der Waals surface area contributed by atoms with Crippen LogP contribution < -0.4 is 9.64 Å². The molecule has 12 heteroatoms. The summed E-state index contributed by atoms with van der Waals surface area (Å²) < 4.78 is 6.31. The first-order valence-electron chi connectivity index (χ1n) is 14.8. The van der Waals surface area contributed by atoms with Gasteiger partial charge in [-0.15, -0.1) is 0 Å². The van der Waals surface area contributed by atoms with Crippen molar-refractivity contribution in [2.24, 2.45) is 0 Å². The van der Waals surface area contributed by atoms with Crippen LogP contribution in [0.3, 0.4) is 0 Å². The van der Waals surface area contributed by atoms with Crippen LogP contribution in [0.25, 0.3) is 15.7 Å². The molecule has 0 radical (unpaired) electrons. The summed E-state index contributed by atoms with van der Waals surface area (Å²) in [7, 11) is 4.23. The number of nitrogens with zero attached hydrogens (tertiary/aromatic N) is 8. The van der Waals surface area contributed by atoms with Crippen LogP contribution in [0.15, 0.2) is 24.9 Å². The number of piperazine rings is 1. The molecule has 3 aliphatic rings. The number of aryl methyl sites for hydroxylation is 1. The van der Waals surface area contributed by atoms with E-state index >= 15 is 0 Å². The first-order chi connectivity index (χ1) is 20.8. The van der Waals surface area contributed by atoms with Gasteiger partial charge in [0.25, 0.3) is 0 Å². The fraction of sp³-hybridized carbons (Fsp3) is 0.516. The minimum absolute atomic E-state index is 0.0199. The minimum atomic E-state index is -0.256. The number of amides is 1. The number of carbonyl (C=O) groups is 1. The van der Waals surface area contributed by atoms with Crippen molar-refractivity contribution in [2.45, 2.75) is 50.9 Å². The van der Waals surface area contributed by atoms with Gasteiger partial charge in [0.2, 0.25) is 12.5 Å². The number of likely N-dealkylation sites (N-methyl/N-ethyl adjacent to an activating group) is 2. The number of fused-ring (bicyclic) bond motifs is 2. The van der Waals surface area contributed by atoms with Gasteiger partial charge in [-0.25, -0.2) is 6.57 Å². The molecule has 2 fully saturated rings. The highest BCUT2D eigenvalue weighted by Crippen LogP contribution is 2.42. The number of likely N-dealkylation sites (tertiary alicyclic amines) is 1. The smallest absolute Gasteiger partial charge is 0.318 e. The maximum atomic E-state index is 12.6. The standard InChI is InChI=1S/C31H38ClN9O2/c1-6-27(42)41-11-10-40(16-21(41)14-33-3)30-23-17-39(5)26(28-22-15-34-37-25(22)12-19(2)29(28)32)13-24(23)35-31(36-30)43-18-20-8-7-9-38(20)4/h6,12,15,20-21,26H,1,7-11,13-14,16-18H2,2,4-5H3,(H,34,37)/t20-,21-,26+/m0/s1. The van der Waals surface area contributed by atoms with Gasteiger partial charge in [-0.3, -0.25) is 14.8 Å². The van der Waals surface area contributed by atoms with Gasteiger partial charge in [0.1, 0.15) is 18.5 Å². The van der Waals surface area contributed by atoms with Crippen molar-refractivity contribution >= 4 is 34.2 Å². The first-order valence-corrected chi connectivity index (χ1v) is 15.2. The lowest BCUT2D eigenvalue weighted by molar-refractivity contribution is -0.128. The Morgan fingerprint density at radius 3 is 2.84 bits per heavy atom. The fourth-order valence-electron chi connectivity index (χ4n) is 6.81. The first kappa shape index (κ1) is 29.4. The summed E-state index contributed by atoms with van der Waals surface area (Å²) in [6, 6.07) is 2.46. The lowest BCUT2D eigenvalue weighted by Crippen LogP contribution is -2.56. The second kappa shape index (κ2) is 12.1. The van der Waals surface area contributed by atoms with Gasteiger partial charge in [0, 0.05) is 60.7 Å². The number of anilines is 1. The van der Waals surface area contributed by atoms with E-state index in [-0.39, 0.29) is 24.5 Å². The van der Waals surface area contributed by atoms with Crippen LogP contribution in [0.2, 0.25) is 5.02 Å². The molecule has 0 bridgehead atoms. The Kier molecular flexibility index (Phi) is 8.27. The number of aromatic amines is 1. The van der Waals surface area contributed by atoms with Crippen molar-refractivity contribution in [1.82, 2.24) is 34.9 Å². The molecular weight excluding hydrogens is 566 g/mol. The van der Waals surface area contributed by atoms with Gasteiger partial charge in [-0.1, -0.05) is 18.2 Å². The van der Waals surface area contributed by atoms with Crippen molar-refractivity contribution in [1.29, 1.82) is 0 Å². The Hall–Kier alpha value is -3.72. The van der Waals surface area contributed by atoms with E-state index in [2.05, 4.69) is 50.4 Å². The molecule has 1 aromatic carbocycles. The fourth-order valence-corrected chi connectivity index (χ4v) is 7.09. The molecule has 0 unspecified atom stereocenters. The Balaban J connectivity index is 1.38. The van der Waals surface area contributed by atoms with Gasteiger partial charge in [-0.05, 0) is 63.7 Å². The van der Waals surface area contributed by atoms with E-state index in [1.54, 1.807) is 4.90 Å². The maximum Gasteiger partial charge on any atom is 0.318 e. The average Bonchev–Trinajstić information content (AvgIpc) is 3.64. The summed E-state index contributed by atoms with van der Waals surface area (Å²) in [6.07, 6.45) is 6.05. The highest BCUT2D eigenvalue weighted by atomic mass is 35.5. The van der Waals surface area contributed by atoms with Crippen LogP contribution in [0.1, 0.15) is 41.3 Å². The molecule has 5 heterocycles. The number of carbonyl (C=O) groups excluding carboxylic acids is 1. The van der Waals surface area contributed by atoms with Gasteiger partial charge in [0.05, 0.1) is 17.4 Å². The Morgan fingerprint density at radius 2 is 2.09 bits per heavy atom. The highest BCUT2D eigenvalue weighted by molar-refractivity contribution is 6.33. The van der Waals surface area contributed by atoms with E-state index in [0.717, 1.165) is 63.5 Å². The van der Waals surface area contributed by atoms with Gasteiger partial charge in [0.15, 0.2) is 0 Å². The summed E-state index contributed by atoms with van der Waals surface area (Å²) >= 11 is 6.97. The number of ether oxygens (including phenoxy) is 1. The summed E-state index contributed by atoms with van der Waals surface area (Å²) in [6.45, 7) is 17.2. The Labute approximate surface area is 257 Å². The molecule has 3 atom stereocenters. The second-order valence-corrected chi connectivity index (χ2v) is 12.3. The highest BCUT2D eigenvalue weighted by Gasteiger charge is 2.37. The summed E-state index contributed by atoms with van der Waals surface area (Å²) in [5.41, 5.74) is 4.98. The molecule has 11 nitrogen and oxygen atoms in total. The number of rotatable bonds is 7. The molecule has 226 valence electrons. The lowest BCUT2D eigenvalue weighted by Gasteiger charge is -2.42. The third kappa shape index (κ3) is 5.55. The third-order valence-electron chi connectivity index (χ3n) is 9.23. The molecule has 2 saturated heterocycles. The van der Waals surface area contributed by atoms with Gasteiger partial charge < -0.3 is 24.3 Å². The summed E-state index contributed by atoms with van der Waals surface area (Å²) in [5.74, 6) is 0.667. The van der Waals surface area contributed by atoms with Crippen LogP contribution in [0.4, 0.5) is 5.82 Å². The molecular formula is C31H38ClN9O2. The summed E-state index contributed by atoms with van der Waals surface area (Å²) in [5, 5.41) is 9.15. The molecule has 2 aromatic heterocycles. The van der Waals surface area contributed by atoms with Gasteiger partial charge >= 0.3 is 6.01 Å². The van der Waals surface area contributed by atoms with E-state index in [0.29, 0.717) is 51.3 Å².